The number of carbonyl (C=O) groups is 1. The number of aryl methyl sites for hydroxylation is 1. The number of nitrogens with zero attached hydrogens (tertiary/aromatic N) is 4. The van der Waals surface area contributed by atoms with Crippen LogP contribution in [0.5, 0.6) is 0 Å². The van der Waals surface area contributed by atoms with Gasteiger partial charge in [-0.3, -0.25) is 4.79 Å². The van der Waals surface area contributed by atoms with Gasteiger partial charge in [0.05, 0.1) is 24.8 Å². The molecule has 1 unspecified atom stereocenters. The Kier molecular flexibility index (Phi) is 5.12. The summed E-state index contributed by atoms with van der Waals surface area (Å²) in [4.78, 5) is 14.8. The van der Waals surface area contributed by atoms with Gasteiger partial charge in [-0.1, -0.05) is 24.8 Å². The maximum atomic E-state index is 13.9. The van der Waals surface area contributed by atoms with E-state index in [0.717, 1.165) is 17.5 Å². The van der Waals surface area contributed by atoms with Crippen LogP contribution in [0.3, 0.4) is 0 Å². The van der Waals surface area contributed by atoms with Crippen LogP contribution in [0.2, 0.25) is 0 Å². The van der Waals surface area contributed by atoms with Gasteiger partial charge in [0.15, 0.2) is 0 Å². The summed E-state index contributed by atoms with van der Waals surface area (Å²) in [7, 11) is 1.87. The van der Waals surface area contributed by atoms with Crippen LogP contribution < -0.4 is 4.90 Å². The lowest BCUT2D eigenvalue weighted by molar-refractivity contribution is -0.138. The first-order valence-corrected chi connectivity index (χ1v) is 10.9. The van der Waals surface area contributed by atoms with Gasteiger partial charge in [0, 0.05) is 30.1 Å². The van der Waals surface area contributed by atoms with Gasteiger partial charge in [0.1, 0.15) is 12.2 Å². The summed E-state index contributed by atoms with van der Waals surface area (Å²) in [5.74, 6) is 0.347. The molecule has 1 atom stereocenters. The van der Waals surface area contributed by atoms with E-state index >= 15 is 0 Å². The van der Waals surface area contributed by atoms with E-state index in [9.17, 15) is 18.0 Å². The molecule has 0 aliphatic carbocycles. The molecule has 0 spiro atoms. The lowest BCUT2D eigenvalue weighted by Gasteiger charge is -2.42. The highest BCUT2D eigenvalue weighted by atomic mass is 19.4. The summed E-state index contributed by atoms with van der Waals surface area (Å²) >= 11 is 0. The van der Waals surface area contributed by atoms with E-state index in [0.29, 0.717) is 25.3 Å². The maximum Gasteiger partial charge on any atom is 0.416 e. The normalized spacial score (nSPS) is 19.1. The smallest absolute Gasteiger partial charge is 0.379 e. The third-order valence-electron chi connectivity index (χ3n) is 6.79. The van der Waals surface area contributed by atoms with Crippen LogP contribution >= 0.6 is 0 Å². The zero-order valence-electron chi connectivity index (χ0n) is 18.8. The molecule has 1 amide bonds. The van der Waals surface area contributed by atoms with Crippen LogP contribution in [0.1, 0.15) is 51.4 Å². The van der Waals surface area contributed by atoms with E-state index in [-0.39, 0.29) is 22.1 Å². The van der Waals surface area contributed by atoms with E-state index in [4.69, 9.17) is 4.74 Å². The minimum atomic E-state index is -4.58. The van der Waals surface area contributed by atoms with Gasteiger partial charge in [-0.25, -0.2) is 0 Å². The Labute approximate surface area is 194 Å². The van der Waals surface area contributed by atoms with Crippen LogP contribution in [0, 0.1) is 0 Å². The third-order valence-corrected chi connectivity index (χ3v) is 6.79. The van der Waals surface area contributed by atoms with E-state index in [1.54, 1.807) is 19.3 Å². The molecule has 0 N–H and O–H groups in total. The fourth-order valence-corrected chi connectivity index (χ4v) is 4.91. The molecule has 1 fully saturated rings. The van der Waals surface area contributed by atoms with Crippen molar-refractivity contribution in [2.45, 2.75) is 31.0 Å². The van der Waals surface area contributed by atoms with Crippen molar-refractivity contribution in [1.82, 2.24) is 14.8 Å². The molecule has 176 valence electrons. The van der Waals surface area contributed by atoms with Crippen molar-refractivity contribution >= 4 is 17.7 Å². The number of aromatic nitrogens is 3. The number of ether oxygens (including phenoxy) is 1. The predicted molar refractivity (Wildman–Crippen MR) is 120 cm³/mol. The fourth-order valence-electron chi connectivity index (χ4n) is 4.91. The van der Waals surface area contributed by atoms with Gasteiger partial charge in [-0.05, 0) is 47.9 Å². The summed E-state index contributed by atoms with van der Waals surface area (Å²) in [6, 6.07) is 9.16. The summed E-state index contributed by atoms with van der Waals surface area (Å²) < 4.78 is 49.1. The van der Waals surface area contributed by atoms with Crippen molar-refractivity contribution in [3.05, 3.63) is 82.9 Å². The number of carbonyl (C=O) groups excluding carboxylic acids is 1. The SMILES string of the molecule is C=Cc1cc2c(c(C(F)(F)F)c1)C(C)N(c1cccc(C3(Cc4nncn4C)COC3)c1)C2=O. The molecule has 1 aromatic heterocycles. The molecule has 3 aromatic rings. The second kappa shape index (κ2) is 7.80. The highest BCUT2D eigenvalue weighted by Gasteiger charge is 2.45. The number of anilines is 1. The van der Waals surface area contributed by atoms with Crippen molar-refractivity contribution in [2.75, 3.05) is 18.1 Å². The van der Waals surface area contributed by atoms with E-state index in [1.807, 2.05) is 29.8 Å². The topological polar surface area (TPSA) is 60.3 Å². The summed E-state index contributed by atoms with van der Waals surface area (Å²) in [6.45, 7) is 6.16. The molecule has 34 heavy (non-hydrogen) atoms. The van der Waals surface area contributed by atoms with Gasteiger partial charge in [0.25, 0.3) is 5.91 Å². The first kappa shape index (κ1) is 22.3. The summed E-state index contributed by atoms with van der Waals surface area (Å²) in [5.41, 5.74) is 0.657. The minimum Gasteiger partial charge on any atom is -0.379 e. The van der Waals surface area contributed by atoms with Gasteiger partial charge in [0.2, 0.25) is 0 Å². The van der Waals surface area contributed by atoms with E-state index < -0.39 is 23.7 Å². The van der Waals surface area contributed by atoms with E-state index in [2.05, 4.69) is 16.8 Å². The molecule has 3 heterocycles. The average Bonchev–Trinajstić information content (AvgIpc) is 3.29. The third kappa shape index (κ3) is 3.42. The van der Waals surface area contributed by atoms with Gasteiger partial charge < -0.3 is 14.2 Å². The summed E-state index contributed by atoms with van der Waals surface area (Å²) in [5, 5.41) is 8.13. The Hall–Kier alpha value is -3.46. The number of amides is 1. The first-order valence-electron chi connectivity index (χ1n) is 10.9. The van der Waals surface area contributed by atoms with Crippen LogP contribution in [0.4, 0.5) is 18.9 Å². The molecule has 2 aromatic carbocycles. The number of hydrogen-bond acceptors (Lipinski definition) is 4. The van der Waals surface area contributed by atoms with Gasteiger partial charge >= 0.3 is 6.18 Å². The molecule has 0 bridgehead atoms. The number of alkyl halides is 3. The first-order chi connectivity index (χ1) is 16.1. The van der Waals surface area contributed by atoms with Crippen molar-refractivity contribution in [3.8, 4) is 0 Å². The van der Waals surface area contributed by atoms with Crippen LogP contribution in [0.25, 0.3) is 6.08 Å². The van der Waals surface area contributed by atoms with Gasteiger partial charge in [-0.15, -0.1) is 10.2 Å². The highest BCUT2D eigenvalue weighted by molar-refractivity contribution is 6.11. The minimum absolute atomic E-state index is 0.00530. The standard InChI is InChI=1S/C25H23F3N4O2/c1-4-16-8-19-22(20(9-16)25(26,27)28)15(2)32(23(19)33)18-7-5-6-17(10-18)24(12-34-13-24)11-21-30-29-14-31(21)3/h4-10,14-15H,1,11-13H2,2-3H3. The zero-order valence-corrected chi connectivity index (χ0v) is 18.8. The molecule has 1 saturated heterocycles. The second-order valence-corrected chi connectivity index (χ2v) is 8.94. The quantitative estimate of drug-likeness (QED) is 0.544. The molecule has 9 heteroatoms. The zero-order chi connectivity index (χ0) is 24.3. The average molecular weight is 468 g/mol. The predicted octanol–water partition coefficient (Wildman–Crippen LogP) is 4.71. The van der Waals surface area contributed by atoms with Gasteiger partial charge in [-0.2, -0.15) is 13.2 Å². The highest BCUT2D eigenvalue weighted by Crippen LogP contribution is 2.46. The van der Waals surface area contributed by atoms with Crippen LogP contribution in [0.15, 0.2) is 49.3 Å². The number of fused-ring (bicyclic) bond motifs is 1. The molecule has 5 rings (SSSR count). The second-order valence-electron chi connectivity index (χ2n) is 8.94. The number of rotatable bonds is 5. The lowest BCUT2D eigenvalue weighted by atomic mass is 9.75. The lowest BCUT2D eigenvalue weighted by Crippen LogP contribution is -2.49. The molecule has 0 radical (unpaired) electrons. The number of benzene rings is 2. The van der Waals surface area contributed by atoms with Crippen LogP contribution in [-0.2, 0) is 29.8 Å². The Morgan fingerprint density at radius 2 is 2.03 bits per heavy atom. The van der Waals surface area contributed by atoms with Crippen molar-refractivity contribution in [1.29, 1.82) is 0 Å². The largest absolute Gasteiger partial charge is 0.416 e. The van der Waals surface area contributed by atoms with Crippen molar-refractivity contribution in [2.24, 2.45) is 7.05 Å². The number of hydrogen-bond donors (Lipinski definition) is 0. The Morgan fingerprint density at radius 3 is 2.62 bits per heavy atom. The molecular formula is C25H23F3N4O2. The fraction of sp³-hybridized carbons (Fsp3) is 0.320. The van der Waals surface area contributed by atoms with E-state index in [1.165, 1.54) is 17.0 Å². The summed E-state index contributed by atoms with van der Waals surface area (Å²) in [6.07, 6.45) is -1.03. The Morgan fingerprint density at radius 1 is 1.26 bits per heavy atom. The molecule has 0 saturated carbocycles. The van der Waals surface area contributed by atoms with Crippen LogP contribution in [-0.4, -0.2) is 33.9 Å². The molecular weight excluding hydrogens is 445 g/mol. The van der Waals surface area contributed by atoms with Crippen molar-refractivity contribution in [3.63, 3.8) is 0 Å². The Bertz CT molecular complexity index is 1290. The molecule has 6 nitrogen and oxygen atoms in total. The maximum absolute atomic E-state index is 13.9. The number of halogens is 3. The monoisotopic (exact) mass is 468 g/mol. The molecule has 2 aliphatic rings. The van der Waals surface area contributed by atoms with Crippen molar-refractivity contribution < 1.29 is 22.7 Å². The molecule has 2 aliphatic heterocycles. The Balaban J connectivity index is 1.55.